The molecule has 2 amide bonds. The number of hydrogen-bond acceptors (Lipinski definition) is 3. The second-order valence-corrected chi connectivity index (χ2v) is 4.67. The first-order valence-electron chi connectivity index (χ1n) is 6.70. The van der Waals surface area contributed by atoms with Gasteiger partial charge in [0.2, 0.25) is 5.91 Å². The number of ether oxygens (including phenoxy) is 1. The molecule has 1 fully saturated rings. The molecule has 1 aromatic rings. The van der Waals surface area contributed by atoms with Gasteiger partial charge in [0.05, 0.1) is 5.56 Å². The van der Waals surface area contributed by atoms with E-state index in [-0.39, 0.29) is 24.6 Å². The largest absolute Gasteiger partial charge is 0.368 e. The Morgan fingerprint density at radius 3 is 2.67 bits per heavy atom. The van der Waals surface area contributed by atoms with Gasteiger partial charge in [-0.1, -0.05) is 0 Å². The molecule has 114 valence electrons. The molecule has 1 aliphatic heterocycles. The van der Waals surface area contributed by atoms with Crippen molar-refractivity contribution < 1.29 is 23.1 Å². The molecule has 0 radical (unpaired) electrons. The quantitative estimate of drug-likeness (QED) is 0.797. The monoisotopic (exact) mass is 298 g/mol. The van der Waals surface area contributed by atoms with Crippen LogP contribution in [0.5, 0.6) is 0 Å². The smallest absolute Gasteiger partial charge is 0.254 e. The van der Waals surface area contributed by atoms with E-state index < -0.39 is 23.6 Å². The molecule has 1 aliphatic rings. The summed E-state index contributed by atoms with van der Waals surface area (Å²) in [6.07, 6.45) is 1.13. The van der Waals surface area contributed by atoms with Crippen molar-refractivity contribution in [1.82, 2.24) is 10.6 Å². The lowest BCUT2D eigenvalue weighted by Crippen LogP contribution is -2.39. The molecule has 0 aliphatic carbocycles. The minimum atomic E-state index is -0.920. The van der Waals surface area contributed by atoms with Crippen molar-refractivity contribution in [3.63, 3.8) is 0 Å². The fourth-order valence-corrected chi connectivity index (χ4v) is 2.03. The first kappa shape index (κ1) is 15.4. The van der Waals surface area contributed by atoms with Crippen LogP contribution in [-0.4, -0.2) is 37.6 Å². The molecule has 0 saturated carbocycles. The van der Waals surface area contributed by atoms with Gasteiger partial charge in [0.25, 0.3) is 5.91 Å². The van der Waals surface area contributed by atoms with Crippen molar-refractivity contribution >= 4 is 11.8 Å². The first-order valence-corrected chi connectivity index (χ1v) is 6.70. The van der Waals surface area contributed by atoms with Crippen LogP contribution in [0.3, 0.4) is 0 Å². The molecule has 2 rings (SSSR count). The number of carbonyl (C=O) groups is 2. The molecular weight excluding hydrogens is 282 g/mol. The van der Waals surface area contributed by atoms with Crippen LogP contribution in [0.4, 0.5) is 8.78 Å². The Hall–Kier alpha value is -2.02. The average Bonchev–Trinajstić information content (AvgIpc) is 2.97. The number of benzene rings is 1. The summed E-state index contributed by atoms with van der Waals surface area (Å²) in [4.78, 5) is 23.3. The Labute approximate surface area is 120 Å². The molecule has 7 heteroatoms. The van der Waals surface area contributed by atoms with Gasteiger partial charge in [-0.05, 0) is 25.0 Å². The van der Waals surface area contributed by atoms with Crippen LogP contribution < -0.4 is 10.6 Å². The third-order valence-corrected chi connectivity index (χ3v) is 3.11. The summed E-state index contributed by atoms with van der Waals surface area (Å²) in [6.45, 7) is 0.944. The number of carbonyl (C=O) groups excluding carboxylic acids is 2. The maximum absolute atomic E-state index is 13.4. The average molecular weight is 298 g/mol. The van der Waals surface area contributed by atoms with Crippen LogP contribution in [0, 0.1) is 11.6 Å². The lowest BCUT2D eigenvalue weighted by Gasteiger charge is -2.11. The van der Waals surface area contributed by atoms with Crippen molar-refractivity contribution in [1.29, 1.82) is 0 Å². The van der Waals surface area contributed by atoms with E-state index in [1.54, 1.807) is 0 Å². The van der Waals surface area contributed by atoms with E-state index in [9.17, 15) is 18.4 Å². The minimum Gasteiger partial charge on any atom is -0.368 e. The van der Waals surface area contributed by atoms with E-state index >= 15 is 0 Å². The summed E-state index contributed by atoms with van der Waals surface area (Å²) in [6, 6.07) is 2.73. The molecule has 0 spiro atoms. The summed E-state index contributed by atoms with van der Waals surface area (Å²) < 4.78 is 31.3. The molecule has 1 aromatic carbocycles. The van der Waals surface area contributed by atoms with Crippen molar-refractivity contribution in [3.05, 3.63) is 35.4 Å². The minimum absolute atomic E-state index is 0.147. The number of hydrogen-bond donors (Lipinski definition) is 2. The molecule has 5 nitrogen and oxygen atoms in total. The Balaban J connectivity index is 1.73. The fraction of sp³-hybridized carbons (Fsp3) is 0.429. The summed E-state index contributed by atoms with van der Waals surface area (Å²) in [7, 11) is 0. The fourth-order valence-electron chi connectivity index (χ4n) is 2.03. The highest BCUT2D eigenvalue weighted by Crippen LogP contribution is 2.11. The highest BCUT2D eigenvalue weighted by atomic mass is 19.1. The van der Waals surface area contributed by atoms with Crippen LogP contribution in [-0.2, 0) is 9.53 Å². The normalized spacial score (nSPS) is 17.5. The van der Waals surface area contributed by atoms with Gasteiger partial charge < -0.3 is 15.4 Å². The second kappa shape index (κ2) is 7.12. The molecule has 1 heterocycles. The third-order valence-electron chi connectivity index (χ3n) is 3.11. The maximum Gasteiger partial charge on any atom is 0.254 e. The molecule has 2 N–H and O–H groups in total. The summed E-state index contributed by atoms with van der Waals surface area (Å²) >= 11 is 0. The van der Waals surface area contributed by atoms with Crippen molar-refractivity contribution in [3.8, 4) is 0 Å². The van der Waals surface area contributed by atoms with Gasteiger partial charge in [-0.3, -0.25) is 9.59 Å². The van der Waals surface area contributed by atoms with Crippen LogP contribution in [0.1, 0.15) is 23.2 Å². The standard InChI is InChI=1S/C14H16F2N2O3/c15-9-3-4-10(11(16)8-9)13(19)17-5-6-18-14(20)12-2-1-7-21-12/h3-4,8,12H,1-2,5-7H2,(H,17,19)(H,18,20). The number of nitrogens with one attached hydrogen (secondary N) is 2. The zero-order chi connectivity index (χ0) is 15.2. The number of amides is 2. The van der Waals surface area contributed by atoms with E-state index in [0.29, 0.717) is 19.1 Å². The number of halogens is 2. The molecule has 1 atom stereocenters. The Morgan fingerprint density at radius 1 is 1.24 bits per heavy atom. The van der Waals surface area contributed by atoms with Crippen molar-refractivity contribution in [2.24, 2.45) is 0 Å². The van der Waals surface area contributed by atoms with Crippen LogP contribution >= 0.6 is 0 Å². The van der Waals surface area contributed by atoms with Crippen molar-refractivity contribution in [2.45, 2.75) is 18.9 Å². The molecule has 1 saturated heterocycles. The van der Waals surface area contributed by atoms with E-state index in [2.05, 4.69) is 10.6 Å². The van der Waals surface area contributed by atoms with Gasteiger partial charge in [-0.2, -0.15) is 0 Å². The van der Waals surface area contributed by atoms with E-state index in [1.165, 1.54) is 0 Å². The first-order chi connectivity index (χ1) is 10.1. The molecular formula is C14H16F2N2O3. The molecule has 21 heavy (non-hydrogen) atoms. The number of rotatable bonds is 5. The van der Waals surface area contributed by atoms with Crippen LogP contribution in [0.25, 0.3) is 0 Å². The van der Waals surface area contributed by atoms with E-state index in [4.69, 9.17) is 4.74 Å². The van der Waals surface area contributed by atoms with E-state index in [1.807, 2.05) is 0 Å². The lowest BCUT2D eigenvalue weighted by atomic mass is 10.2. The van der Waals surface area contributed by atoms with Gasteiger partial charge in [-0.25, -0.2) is 8.78 Å². The highest BCUT2D eigenvalue weighted by molar-refractivity contribution is 5.94. The zero-order valence-electron chi connectivity index (χ0n) is 11.3. The predicted molar refractivity (Wildman–Crippen MR) is 70.7 cm³/mol. The van der Waals surface area contributed by atoms with Gasteiger partial charge in [0, 0.05) is 25.8 Å². The zero-order valence-corrected chi connectivity index (χ0v) is 11.3. The van der Waals surface area contributed by atoms with Gasteiger partial charge in [0.15, 0.2) is 0 Å². The predicted octanol–water partition coefficient (Wildman–Crippen LogP) is 0.990. The van der Waals surface area contributed by atoms with Crippen LogP contribution in [0.15, 0.2) is 18.2 Å². The molecule has 1 unspecified atom stereocenters. The van der Waals surface area contributed by atoms with Gasteiger partial charge >= 0.3 is 0 Å². The van der Waals surface area contributed by atoms with Crippen LogP contribution in [0.2, 0.25) is 0 Å². The second-order valence-electron chi connectivity index (χ2n) is 4.67. The highest BCUT2D eigenvalue weighted by Gasteiger charge is 2.22. The summed E-state index contributed by atoms with van der Waals surface area (Å²) in [5.41, 5.74) is -0.234. The molecule has 0 aromatic heterocycles. The topological polar surface area (TPSA) is 67.4 Å². The Morgan fingerprint density at radius 2 is 2.00 bits per heavy atom. The Kier molecular flexibility index (Phi) is 5.21. The Bertz CT molecular complexity index is 531. The SMILES string of the molecule is O=C(NCCNC(=O)C1CCCO1)c1ccc(F)cc1F. The lowest BCUT2D eigenvalue weighted by molar-refractivity contribution is -0.129. The van der Waals surface area contributed by atoms with E-state index in [0.717, 1.165) is 18.6 Å². The summed E-state index contributed by atoms with van der Waals surface area (Å²) in [5.74, 6) is -2.53. The third kappa shape index (κ3) is 4.22. The van der Waals surface area contributed by atoms with Crippen molar-refractivity contribution in [2.75, 3.05) is 19.7 Å². The summed E-state index contributed by atoms with van der Waals surface area (Å²) in [5, 5.41) is 5.07. The van der Waals surface area contributed by atoms with Gasteiger partial charge in [-0.15, -0.1) is 0 Å². The maximum atomic E-state index is 13.4. The molecule has 0 bridgehead atoms. The van der Waals surface area contributed by atoms with Gasteiger partial charge in [0.1, 0.15) is 17.7 Å².